The van der Waals surface area contributed by atoms with Gasteiger partial charge in [-0.2, -0.15) is 17.9 Å². The highest BCUT2D eigenvalue weighted by molar-refractivity contribution is 7.89. The first kappa shape index (κ1) is 21.9. The number of rotatable bonds is 9. The van der Waals surface area contributed by atoms with Gasteiger partial charge in [0.1, 0.15) is 12.6 Å². The second-order valence-corrected chi connectivity index (χ2v) is 7.19. The second-order valence-electron chi connectivity index (χ2n) is 5.48. The summed E-state index contributed by atoms with van der Waals surface area (Å²) >= 11 is 0. The molecule has 1 aromatic carbocycles. The molecule has 1 unspecified atom stereocenters. The molecule has 11 heteroatoms. The Morgan fingerprint density at radius 1 is 1.19 bits per heavy atom. The molecule has 1 atom stereocenters. The summed E-state index contributed by atoms with van der Waals surface area (Å²) in [5.41, 5.74) is -0.158. The minimum Gasteiger partial charge on any atom is -0.480 e. The fourth-order valence-electron chi connectivity index (χ4n) is 1.96. The van der Waals surface area contributed by atoms with Gasteiger partial charge in [-0.25, -0.2) is 8.42 Å². The first-order chi connectivity index (χ1) is 12.0. The van der Waals surface area contributed by atoms with E-state index >= 15 is 0 Å². The van der Waals surface area contributed by atoms with E-state index in [2.05, 4.69) is 4.72 Å². The van der Waals surface area contributed by atoms with Gasteiger partial charge in [-0.05, 0) is 30.7 Å². The summed E-state index contributed by atoms with van der Waals surface area (Å²) in [5, 5.41) is 10.7. The van der Waals surface area contributed by atoms with Crippen molar-refractivity contribution in [2.75, 3.05) is 6.54 Å². The maximum absolute atomic E-state index is 12.2. The van der Waals surface area contributed by atoms with Gasteiger partial charge in [-0.3, -0.25) is 9.59 Å². The number of unbranched alkanes of at least 4 members (excludes halogenated alkanes) is 1. The van der Waals surface area contributed by atoms with Gasteiger partial charge in [0.2, 0.25) is 10.0 Å². The van der Waals surface area contributed by atoms with Crippen LogP contribution in [0.3, 0.4) is 0 Å². The number of amides is 1. The van der Waals surface area contributed by atoms with Crippen LogP contribution in [0, 0.1) is 0 Å². The fourth-order valence-corrected chi connectivity index (χ4v) is 3.19. The summed E-state index contributed by atoms with van der Waals surface area (Å²) in [4.78, 5) is 22.4. The van der Waals surface area contributed by atoms with Crippen molar-refractivity contribution in [1.29, 1.82) is 0 Å². The van der Waals surface area contributed by atoms with Gasteiger partial charge in [0.05, 0.1) is 4.90 Å². The van der Waals surface area contributed by atoms with Crippen molar-refractivity contribution in [2.24, 2.45) is 0 Å². The van der Waals surface area contributed by atoms with Crippen LogP contribution in [-0.2, 0) is 14.8 Å². The number of aliphatic carboxylic acids is 1. The number of benzene rings is 1. The molecule has 26 heavy (non-hydrogen) atoms. The molecule has 0 fully saturated rings. The van der Waals surface area contributed by atoms with Crippen LogP contribution in [-0.4, -0.2) is 44.2 Å². The number of halogens is 3. The van der Waals surface area contributed by atoms with E-state index in [0.717, 1.165) is 24.3 Å². The monoisotopic (exact) mass is 396 g/mol. The van der Waals surface area contributed by atoms with Crippen LogP contribution in [0.1, 0.15) is 36.5 Å². The lowest BCUT2D eigenvalue weighted by Crippen LogP contribution is -2.40. The zero-order valence-electron chi connectivity index (χ0n) is 13.8. The highest BCUT2D eigenvalue weighted by atomic mass is 32.2. The van der Waals surface area contributed by atoms with Gasteiger partial charge in [-0.15, -0.1) is 0 Å². The van der Waals surface area contributed by atoms with Gasteiger partial charge in [-0.1, -0.05) is 19.8 Å². The van der Waals surface area contributed by atoms with E-state index in [1.165, 1.54) is 0 Å². The number of alkyl halides is 3. The van der Waals surface area contributed by atoms with Crippen molar-refractivity contribution < 1.29 is 36.3 Å². The first-order valence-corrected chi connectivity index (χ1v) is 9.14. The number of nitrogens with one attached hydrogen (secondary N) is 2. The van der Waals surface area contributed by atoms with Crippen molar-refractivity contribution in [3.05, 3.63) is 29.8 Å². The molecule has 0 spiro atoms. The molecular formula is C15H19F3N2O5S. The SMILES string of the molecule is CCCCC(NS(=O)(=O)c1ccc(C(=O)NCC(F)(F)F)cc1)C(=O)O. The van der Waals surface area contributed by atoms with Crippen LogP contribution in [0.4, 0.5) is 13.2 Å². The maximum atomic E-state index is 12.2. The van der Waals surface area contributed by atoms with Crippen molar-refractivity contribution in [1.82, 2.24) is 10.0 Å². The smallest absolute Gasteiger partial charge is 0.405 e. The number of hydrogen-bond donors (Lipinski definition) is 3. The Bertz CT molecular complexity index is 733. The number of carbonyl (C=O) groups excluding carboxylic acids is 1. The van der Waals surface area contributed by atoms with E-state index in [9.17, 15) is 31.2 Å². The van der Waals surface area contributed by atoms with Crippen LogP contribution in [0.25, 0.3) is 0 Å². The molecule has 7 nitrogen and oxygen atoms in total. The van der Waals surface area contributed by atoms with Crippen molar-refractivity contribution >= 4 is 21.9 Å². The van der Waals surface area contributed by atoms with Crippen LogP contribution in [0.2, 0.25) is 0 Å². The lowest BCUT2D eigenvalue weighted by Gasteiger charge is -2.14. The maximum Gasteiger partial charge on any atom is 0.405 e. The summed E-state index contributed by atoms with van der Waals surface area (Å²) in [6, 6.07) is 2.83. The Hall–Kier alpha value is -2.14. The third-order valence-electron chi connectivity index (χ3n) is 3.32. The van der Waals surface area contributed by atoms with Crippen molar-refractivity contribution in [3.8, 4) is 0 Å². The molecule has 3 N–H and O–H groups in total. The summed E-state index contributed by atoms with van der Waals surface area (Å²) < 4.78 is 62.7. The normalized spacial score (nSPS) is 13.2. The molecule has 1 rings (SSSR count). The Kier molecular flexibility index (Phi) is 7.57. The minimum atomic E-state index is -4.56. The first-order valence-electron chi connectivity index (χ1n) is 7.66. The molecule has 1 aromatic rings. The highest BCUT2D eigenvalue weighted by Gasteiger charge is 2.28. The molecule has 0 saturated carbocycles. The van der Waals surface area contributed by atoms with Crippen LogP contribution in [0.5, 0.6) is 0 Å². The average molecular weight is 396 g/mol. The largest absolute Gasteiger partial charge is 0.480 e. The predicted molar refractivity (Wildman–Crippen MR) is 86.1 cm³/mol. The Morgan fingerprint density at radius 2 is 1.77 bits per heavy atom. The predicted octanol–water partition coefficient (Wildman–Crippen LogP) is 1.90. The average Bonchev–Trinajstić information content (AvgIpc) is 2.55. The summed E-state index contributed by atoms with van der Waals surface area (Å²) in [7, 11) is -4.16. The van der Waals surface area contributed by atoms with Gasteiger partial charge >= 0.3 is 12.1 Å². The molecular weight excluding hydrogens is 377 g/mol. The molecule has 0 bridgehead atoms. The number of carboxylic acids is 1. The number of carbonyl (C=O) groups is 2. The molecule has 1 amide bonds. The quantitative estimate of drug-likeness (QED) is 0.590. The minimum absolute atomic E-state index is 0.114. The molecule has 0 aliphatic rings. The van der Waals surface area contributed by atoms with Crippen molar-refractivity contribution in [3.63, 3.8) is 0 Å². The van der Waals surface area contributed by atoms with Crippen LogP contribution in [0.15, 0.2) is 29.2 Å². The fraction of sp³-hybridized carbons (Fsp3) is 0.467. The zero-order chi connectivity index (χ0) is 20.0. The molecule has 0 heterocycles. The van der Waals surface area contributed by atoms with Gasteiger partial charge in [0.15, 0.2) is 0 Å². The van der Waals surface area contributed by atoms with E-state index in [1.54, 1.807) is 5.32 Å². The molecule has 146 valence electrons. The number of sulfonamides is 1. The lowest BCUT2D eigenvalue weighted by atomic mass is 10.1. The van der Waals surface area contributed by atoms with Gasteiger partial charge in [0.25, 0.3) is 5.91 Å². The van der Waals surface area contributed by atoms with E-state index < -0.39 is 40.7 Å². The summed E-state index contributed by atoms with van der Waals surface area (Å²) in [6.45, 7) is 0.321. The Morgan fingerprint density at radius 3 is 2.23 bits per heavy atom. The summed E-state index contributed by atoms with van der Waals surface area (Å²) in [5.74, 6) is -2.32. The van der Waals surface area contributed by atoms with Crippen LogP contribution >= 0.6 is 0 Å². The van der Waals surface area contributed by atoms with E-state index in [0.29, 0.717) is 12.8 Å². The highest BCUT2D eigenvalue weighted by Crippen LogP contribution is 2.15. The van der Waals surface area contributed by atoms with Crippen LogP contribution < -0.4 is 10.0 Å². The third kappa shape index (κ3) is 7.00. The molecule has 0 aromatic heterocycles. The van der Waals surface area contributed by atoms with Gasteiger partial charge < -0.3 is 10.4 Å². The summed E-state index contributed by atoms with van der Waals surface area (Å²) in [6.07, 6.45) is -3.25. The molecule has 0 saturated heterocycles. The molecule has 0 aliphatic heterocycles. The standard InChI is InChI=1S/C15H19F3N2O5S/c1-2-3-4-12(14(22)23)20-26(24,25)11-7-5-10(6-8-11)13(21)19-9-15(16,17)18/h5-8,12,20H,2-4,9H2,1H3,(H,19,21)(H,22,23). The topological polar surface area (TPSA) is 113 Å². The zero-order valence-corrected chi connectivity index (χ0v) is 14.7. The van der Waals surface area contributed by atoms with E-state index in [-0.39, 0.29) is 16.9 Å². The number of hydrogen-bond acceptors (Lipinski definition) is 4. The Balaban J connectivity index is 2.85. The van der Waals surface area contributed by atoms with Crippen molar-refractivity contribution in [2.45, 2.75) is 43.3 Å². The molecule has 0 radical (unpaired) electrons. The van der Waals surface area contributed by atoms with E-state index in [4.69, 9.17) is 5.11 Å². The molecule has 0 aliphatic carbocycles. The van der Waals surface area contributed by atoms with Gasteiger partial charge in [0, 0.05) is 5.56 Å². The lowest BCUT2D eigenvalue weighted by molar-refractivity contribution is -0.139. The Labute approximate surface area is 148 Å². The van der Waals surface area contributed by atoms with E-state index in [1.807, 2.05) is 6.92 Å². The third-order valence-corrected chi connectivity index (χ3v) is 4.81. The second kappa shape index (κ2) is 8.99. The number of carboxylic acid groups (broad SMARTS) is 1.